The topological polar surface area (TPSA) is 101 Å². The summed E-state index contributed by atoms with van der Waals surface area (Å²) < 4.78 is 26.9. The first kappa shape index (κ1) is 17.9. The van der Waals surface area contributed by atoms with Crippen LogP contribution in [-0.2, 0) is 14.8 Å². The molecule has 0 radical (unpaired) electrons. The average Bonchev–Trinajstić information content (AvgIpc) is 2.53. The van der Waals surface area contributed by atoms with Gasteiger partial charge in [0.25, 0.3) is 10.0 Å². The number of aromatic nitrogens is 2. The van der Waals surface area contributed by atoms with Crippen molar-refractivity contribution in [3.63, 3.8) is 0 Å². The van der Waals surface area contributed by atoms with E-state index in [0.29, 0.717) is 17.8 Å². The maximum atomic E-state index is 12.3. The zero-order valence-corrected chi connectivity index (χ0v) is 14.4. The lowest BCUT2D eigenvalue weighted by atomic mass is 10.2. The Balaban J connectivity index is 2.07. The fourth-order valence-electron chi connectivity index (χ4n) is 1.96. The molecular weight excluding hydrogens is 328 g/mol. The minimum atomic E-state index is -3.78. The Bertz CT molecular complexity index is 804. The van der Waals surface area contributed by atoms with Crippen LogP contribution in [-0.4, -0.2) is 24.3 Å². The van der Waals surface area contributed by atoms with E-state index in [0.717, 1.165) is 12.8 Å². The second-order valence-corrected chi connectivity index (χ2v) is 6.99. The van der Waals surface area contributed by atoms with Gasteiger partial charge in [-0.25, -0.2) is 23.1 Å². The number of nitrogens with zero attached hydrogens (tertiary/aromatic N) is 2. The zero-order valence-electron chi connectivity index (χ0n) is 13.6. The molecule has 1 amide bonds. The quantitative estimate of drug-likeness (QED) is 0.801. The smallest absolute Gasteiger partial charge is 0.264 e. The van der Waals surface area contributed by atoms with Gasteiger partial charge in [0.05, 0.1) is 4.90 Å². The molecule has 2 aromatic rings. The molecule has 0 aliphatic carbocycles. The molecule has 0 spiro atoms. The van der Waals surface area contributed by atoms with Crippen molar-refractivity contribution >= 4 is 27.6 Å². The summed E-state index contributed by atoms with van der Waals surface area (Å²) in [6.45, 7) is 3.76. The number of carbonyl (C=O) groups excluding carboxylic acids is 1. The van der Waals surface area contributed by atoms with Gasteiger partial charge in [0.1, 0.15) is 0 Å². The molecule has 24 heavy (non-hydrogen) atoms. The third-order valence-electron chi connectivity index (χ3n) is 3.23. The van der Waals surface area contributed by atoms with Crippen LogP contribution in [0.2, 0.25) is 0 Å². The molecule has 8 heteroatoms. The van der Waals surface area contributed by atoms with Crippen LogP contribution < -0.4 is 10.0 Å². The third-order valence-corrected chi connectivity index (χ3v) is 4.57. The molecule has 0 fully saturated rings. The van der Waals surface area contributed by atoms with Gasteiger partial charge in [-0.2, -0.15) is 0 Å². The van der Waals surface area contributed by atoms with Crippen LogP contribution in [0.15, 0.2) is 41.4 Å². The fourth-order valence-corrected chi connectivity index (χ4v) is 2.91. The molecule has 0 unspecified atom stereocenters. The number of hydrogen-bond donors (Lipinski definition) is 2. The molecule has 0 aliphatic rings. The highest BCUT2D eigenvalue weighted by molar-refractivity contribution is 7.92. The number of benzene rings is 1. The number of nitrogens with one attached hydrogen (secondary N) is 2. The predicted molar refractivity (Wildman–Crippen MR) is 92.2 cm³/mol. The van der Waals surface area contributed by atoms with E-state index in [-0.39, 0.29) is 16.8 Å². The molecule has 128 valence electrons. The van der Waals surface area contributed by atoms with Gasteiger partial charge in [-0.05, 0) is 43.7 Å². The van der Waals surface area contributed by atoms with Gasteiger partial charge in [-0.3, -0.25) is 4.79 Å². The lowest BCUT2D eigenvalue weighted by Crippen LogP contribution is -2.15. The summed E-state index contributed by atoms with van der Waals surface area (Å²) in [5, 5.41) is 2.73. The molecule has 0 aliphatic heterocycles. The van der Waals surface area contributed by atoms with E-state index >= 15 is 0 Å². The SMILES string of the molecule is CCCCC(=O)Nc1ccc(S(=O)(=O)Nc2nccc(C)n2)cc1. The van der Waals surface area contributed by atoms with Gasteiger partial charge in [-0.1, -0.05) is 13.3 Å². The van der Waals surface area contributed by atoms with E-state index < -0.39 is 10.0 Å². The first-order valence-electron chi connectivity index (χ1n) is 7.63. The van der Waals surface area contributed by atoms with Crippen molar-refractivity contribution in [2.24, 2.45) is 0 Å². The summed E-state index contributed by atoms with van der Waals surface area (Å²) in [5.41, 5.74) is 1.22. The molecule has 1 aromatic heterocycles. The van der Waals surface area contributed by atoms with E-state index in [1.54, 1.807) is 25.1 Å². The number of rotatable bonds is 7. The highest BCUT2D eigenvalue weighted by Gasteiger charge is 2.15. The zero-order chi connectivity index (χ0) is 17.6. The average molecular weight is 348 g/mol. The van der Waals surface area contributed by atoms with Crippen LogP contribution >= 0.6 is 0 Å². The van der Waals surface area contributed by atoms with Crippen molar-refractivity contribution in [1.82, 2.24) is 9.97 Å². The number of carbonyl (C=O) groups is 1. The van der Waals surface area contributed by atoms with Crippen molar-refractivity contribution < 1.29 is 13.2 Å². The lowest BCUT2D eigenvalue weighted by Gasteiger charge is -2.08. The second-order valence-electron chi connectivity index (χ2n) is 5.30. The Labute approximate surface area is 141 Å². The van der Waals surface area contributed by atoms with E-state index in [1.807, 2.05) is 6.92 Å². The molecule has 0 saturated carbocycles. The standard InChI is InChI=1S/C16H20N4O3S/c1-3-4-5-15(21)19-13-6-8-14(9-7-13)24(22,23)20-16-17-11-10-12(2)18-16/h6-11H,3-5H2,1-2H3,(H,19,21)(H,17,18,20). The molecule has 0 bridgehead atoms. The molecule has 1 heterocycles. The largest absolute Gasteiger partial charge is 0.326 e. The van der Waals surface area contributed by atoms with E-state index in [1.165, 1.54) is 18.3 Å². The summed E-state index contributed by atoms with van der Waals surface area (Å²) in [5.74, 6) is -0.0642. The Morgan fingerprint density at radius 1 is 1.17 bits per heavy atom. The summed E-state index contributed by atoms with van der Waals surface area (Å²) in [6, 6.07) is 7.62. The maximum absolute atomic E-state index is 12.3. The molecule has 0 atom stereocenters. The number of amides is 1. The summed E-state index contributed by atoms with van der Waals surface area (Å²) in [6.07, 6.45) is 3.69. The van der Waals surface area contributed by atoms with Gasteiger partial charge in [0.2, 0.25) is 11.9 Å². The summed E-state index contributed by atoms with van der Waals surface area (Å²) >= 11 is 0. The molecule has 2 N–H and O–H groups in total. The predicted octanol–water partition coefficient (Wildman–Crippen LogP) is 2.71. The third kappa shape index (κ3) is 5.02. The number of anilines is 2. The van der Waals surface area contributed by atoms with Crippen LogP contribution in [0.4, 0.5) is 11.6 Å². The molecule has 1 aromatic carbocycles. The van der Waals surface area contributed by atoms with Crippen LogP contribution in [0.5, 0.6) is 0 Å². The normalized spacial score (nSPS) is 11.1. The van der Waals surface area contributed by atoms with Crippen molar-refractivity contribution in [2.75, 3.05) is 10.0 Å². The number of aryl methyl sites for hydroxylation is 1. The summed E-state index contributed by atoms with van der Waals surface area (Å²) in [4.78, 5) is 19.6. The van der Waals surface area contributed by atoms with E-state index in [9.17, 15) is 13.2 Å². The molecule has 2 rings (SSSR count). The Morgan fingerprint density at radius 2 is 1.88 bits per heavy atom. The fraction of sp³-hybridized carbons (Fsp3) is 0.312. The highest BCUT2D eigenvalue weighted by atomic mass is 32.2. The van der Waals surface area contributed by atoms with Crippen LogP contribution in [0, 0.1) is 6.92 Å². The van der Waals surface area contributed by atoms with Crippen molar-refractivity contribution in [3.8, 4) is 0 Å². The van der Waals surface area contributed by atoms with Crippen molar-refractivity contribution in [1.29, 1.82) is 0 Å². The Hall–Kier alpha value is -2.48. The number of unbranched alkanes of at least 4 members (excludes halogenated alkanes) is 1. The Morgan fingerprint density at radius 3 is 2.50 bits per heavy atom. The molecule has 7 nitrogen and oxygen atoms in total. The van der Waals surface area contributed by atoms with Gasteiger partial charge < -0.3 is 5.32 Å². The van der Waals surface area contributed by atoms with Crippen LogP contribution in [0.3, 0.4) is 0 Å². The van der Waals surface area contributed by atoms with Gasteiger partial charge in [0, 0.05) is 24.0 Å². The van der Waals surface area contributed by atoms with E-state index in [4.69, 9.17) is 0 Å². The van der Waals surface area contributed by atoms with Crippen molar-refractivity contribution in [2.45, 2.75) is 38.0 Å². The second kappa shape index (κ2) is 7.87. The molecular formula is C16H20N4O3S. The molecule has 0 saturated heterocycles. The monoisotopic (exact) mass is 348 g/mol. The van der Waals surface area contributed by atoms with Crippen molar-refractivity contribution in [3.05, 3.63) is 42.2 Å². The first-order chi connectivity index (χ1) is 11.4. The highest BCUT2D eigenvalue weighted by Crippen LogP contribution is 2.17. The first-order valence-corrected chi connectivity index (χ1v) is 9.11. The van der Waals surface area contributed by atoms with Crippen LogP contribution in [0.25, 0.3) is 0 Å². The lowest BCUT2D eigenvalue weighted by molar-refractivity contribution is -0.116. The maximum Gasteiger partial charge on any atom is 0.264 e. The van der Waals surface area contributed by atoms with E-state index in [2.05, 4.69) is 20.0 Å². The Kier molecular flexibility index (Phi) is 5.86. The minimum absolute atomic E-state index is 0.0203. The van der Waals surface area contributed by atoms with Gasteiger partial charge >= 0.3 is 0 Å². The summed E-state index contributed by atoms with van der Waals surface area (Å²) in [7, 11) is -3.78. The van der Waals surface area contributed by atoms with Crippen LogP contribution in [0.1, 0.15) is 31.9 Å². The minimum Gasteiger partial charge on any atom is -0.326 e. The van der Waals surface area contributed by atoms with Gasteiger partial charge in [-0.15, -0.1) is 0 Å². The van der Waals surface area contributed by atoms with Gasteiger partial charge in [0.15, 0.2) is 0 Å². The number of hydrogen-bond acceptors (Lipinski definition) is 5. The number of sulfonamides is 1.